The molecule has 3 heteroatoms. The lowest BCUT2D eigenvalue weighted by atomic mass is 10.2. The fourth-order valence-electron chi connectivity index (χ4n) is 1.60. The quantitative estimate of drug-likeness (QED) is 0.533. The van der Waals surface area contributed by atoms with Gasteiger partial charge in [-0.25, -0.2) is 0 Å². The van der Waals surface area contributed by atoms with Crippen LogP contribution in [0.5, 0.6) is 0 Å². The molecule has 0 atom stereocenters. The lowest BCUT2D eigenvalue weighted by Gasteiger charge is -2.22. The van der Waals surface area contributed by atoms with E-state index in [2.05, 4.69) is 48.3 Å². The van der Waals surface area contributed by atoms with Crippen molar-refractivity contribution in [2.75, 3.05) is 20.4 Å². The number of methoxy groups -OCH3 is 1. The Bertz CT molecular complexity index is 277. The molecule has 0 aromatic heterocycles. The van der Waals surface area contributed by atoms with Gasteiger partial charge in [-0.05, 0) is 18.2 Å². The van der Waals surface area contributed by atoms with Crippen LogP contribution in [-0.2, 0) is 11.3 Å². The fraction of sp³-hybridized carbons (Fsp3) is 0.538. The number of benzene rings is 1. The first-order chi connectivity index (χ1) is 7.72. The first-order valence-corrected chi connectivity index (χ1v) is 8.47. The van der Waals surface area contributed by atoms with Crippen molar-refractivity contribution in [1.82, 2.24) is 4.90 Å². The molecule has 1 rings (SSSR count). The largest absolute Gasteiger partial charge is 0.369 e. The lowest BCUT2D eigenvalue weighted by Crippen LogP contribution is -2.28. The highest BCUT2D eigenvalue weighted by atomic mass is 28.3. The molecule has 0 bridgehead atoms. The van der Waals surface area contributed by atoms with E-state index >= 15 is 0 Å². The van der Waals surface area contributed by atoms with Gasteiger partial charge in [0.1, 0.15) is 0 Å². The molecule has 2 nitrogen and oxygen atoms in total. The van der Waals surface area contributed by atoms with E-state index in [9.17, 15) is 0 Å². The molecule has 89 valence electrons. The minimum atomic E-state index is -0.136. The molecule has 16 heavy (non-hydrogen) atoms. The molecular formula is C13H22NOSi. The van der Waals surface area contributed by atoms with Crippen LogP contribution in [0, 0.1) is 0 Å². The Morgan fingerprint density at radius 2 is 1.88 bits per heavy atom. The summed E-state index contributed by atoms with van der Waals surface area (Å²) in [6.07, 6.45) is 0. The topological polar surface area (TPSA) is 12.5 Å². The van der Waals surface area contributed by atoms with E-state index in [1.54, 1.807) is 7.11 Å². The minimum absolute atomic E-state index is 0.136. The molecular weight excluding hydrogens is 214 g/mol. The van der Waals surface area contributed by atoms with E-state index in [0.29, 0.717) is 0 Å². The van der Waals surface area contributed by atoms with Gasteiger partial charge in [0.2, 0.25) is 0 Å². The highest BCUT2D eigenvalue weighted by Gasteiger charge is 2.06. The van der Waals surface area contributed by atoms with Crippen molar-refractivity contribution in [3.63, 3.8) is 0 Å². The molecule has 0 fully saturated rings. The Labute approximate surface area is 101 Å². The summed E-state index contributed by atoms with van der Waals surface area (Å²) in [7, 11) is 1.63. The number of rotatable bonds is 7. The highest BCUT2D eigenvalue weighted by molar-refractivity contribution is 6.55. The number of hydrogen-bond acceptors (Lipinski definition) is 2. The number of nitrogens with zero attached hydrogens (tertiary/aromatic N) is 1. The van der Waals surface area contributed by atoms with Crippen LogP contribution < -0.4 is 0 Å². The molecule has 1 aromatic rings. The summed E-state index contributed by atoms with van der Waals surface area (Å²) in [4.78, 5) is 2.37. The van der Waals surface area contributed by atoms with E-state index < -0.39 is 0 Å². The zero-order valence-corrected chi connectivity index (χ0v) is 11.6. The van der Waals surface area contributed by atoms with E-state index in [0.717, 1.165) is 19.8 Å². The van der Waals surface area contributed by atoms with Crippen molar-refractivity contribution in [3.05, 3.63) is 35.9 Å². The monoisotopic (exact) mass is 236 g/mol. The molecule has 0 saturated heterocycles. The molecule has 0 amide bonds. The van der Waals surface area contributed by atoms with Crippen LogP contribution in [0.1, 0.15) is 5.56 Å². The van der Waals surface area contributed by atoms with Gasteiger partial charge >= 0.3 is 0 Å². The second-order valence-corrected chi connectivity index (χ2v) is 7.33. The predicted molar refractivity (Wildman–Crippen MR) is 71.0 cm³/mol. The van der Waals surface area contributed by atoms with Gasteiger partial charge in [0.15, 0.2) is 0 Å². The Morgan fingerprint density at radius 1 is 1.19 bits per heavy atom. The molecule has 0 aliphatic carbocycles. The summed E-state index contributed by atoms with van der Waals surface area (Å²) in [6, 6.07) is 11.9. The molecule has 0 N–H and O–H groups in total. The second-order valence-electron chi connectivity index (χ2n) is 4.41. The van der Waals surface area contributed by atoms with Gasteiger partial charge in [-0.3, -0.25) is 4.90 Å². The van der Waals surface area contributed by atoms with Crippen molar-refractivity contribution in [3.8, 4) is 0 Å². The van der Waals surface area contributed by atoms with Gasteiger partial charge in [-0.1, -0.05) is 43.4 Å². The normalized spacial score (nSPS) is 11.3. The first-order valence-electron chi connectivity index (χ1n) is 5.76. The summed E-state index contributed by atoms with van der Waals surface area (Å²) in [5.74, 6) is 0. The van der Waals surface area contributed by atoms with Gasteiger partial charge in [0.05, 0.1) is 6.73 Å². The third kappa shape index (κ3) is 5.44. The van der Waals surface area contributed by atoms with Gasteiger partial charge in [-0.2, -0.15) is 0 Å². The Morgan fingerprint density at radius 3 is 2.44 bits per heavy atom. The van der Waals surface area contributed by atoms with Crippen LogP contribution in [0.2, 0.25) is 19.1 Å². The molecule has 0 heterocycles. The van der Waals surface area contributed by atoms with E-state index in [1.165, 1.54) is 11.6 Å². The lowest BCUT2D eigenvalue weighted by molar-refractivity contribution is 0.0617. The molecule has 1 radical (unpaired) electrons. The molecule has 0 aliphatic rings. The van der Waals surface area contributed by atoms with Crippen LogP contribution in [0.25, 0.3) is 0 Å². The van der Waals surface area contributed by atoms with Crippen molar-refractivity contribution in [2.24, 2.45) is 0 Å². The Hall–Kier alpha value is -0.643. The van der Waals surface area contributed by atoms with Crippen LogP contribution in [0.3, 0.4) is 0 Å². The standard InChI is InChI=1S/C13H22NOSi/c1-15-12-14(9-10-16(2)3)11-13-7-5-4-6-8-13/h4-8H,9-12H2,1-3H3. The van der Waals surface area contributed by atoms with E-state index in [4.69, 9.17) is 4.74 Å². The average Bonchev–Trinajstić information content (AvgIpc) is 2.27. The Balaban J connectivity index is 2.44. The zero-order valence-electron chi connectivity index (χ0n) is 10.6. The zero-order chi connectivity index (χ0) is 11.8. The molecule has 0 unspecified atom stereocenters. The van der Waals surface area contributed by atoms with Gasteiger partial charge in [-0.15, -0.1) is 0 Å². The summed E-state index contributed by atoms with van der Waals surface area (Å²) in [6.45, 7) is 7.58. The smallest absolute Gasteiger partial charge is 0.0989 e. The highest BCUT2D eigenvalue weighted by Crippen LogP contribution is 2.06. The first kappa shape index (κ1) is 13.4. The van der Waals surface area contributed by atoms with Crippen LogP contribution in [0.15, 0.2) is 30.3 Å². The molecule has 0 spiro atoms. The van der Waals surface area contributed by atoms with Crippen LogP contribution in [-0.4, -0.2) is 34.1 Å². The number of hydrogen-bond donors (Lipinski definition) is 0. The predicted octanol–water partition coefficient (Wildman–Crippen LogP) is 2.85. The molecule has 0 saturated carbocycles. The minimum Gasteiger partial charge on any atom is -0.369 e. The number of ether oxygens (including phenoxy) is 1. The van der Waals surface area contributed by atoms with Crippen LogP contribution in [0.4, 0.5) is 0 Å². The second kappa shape index (κ2) is 7.60. The Kier molecular flexibility index (Phi) is 6.38. The maximum absolute atomic E-state index is 5.25. The summed E-state index contributed by atoms with van der Waals surface area (Å²) in [5, 5.41) is 0. The third-order valence-electron chi connectivity index (χ3n) is 2.49. The average molecular weight is 236 g/mol. The molecule has 0 aliphatic heterocycles. The maximum Gasteiger partial charge on any atom is 0.0989 e. The van der Waals surface area contributed by atoms with Gasteiger partial charge in [0, 0.05) is 22.5 Å². The van der Waals surface area contributed by atoms with Crippen molar-refractivity contribution >= 4 is 8.80 Å². The van der Waals surface area contributed by atoms with E-state index in [-0.39, 0.29) is 8.80 Å². The van der Waals surface area contributed by atoms with Crippen LogP contribution >= 0.6 is 0 Å². The van der Waals surface area contributed by atoms with Crippen molar-refractivity contribution in [1.29, 1.82) is 0 Å². The SMILES string of the molecule is COCN(CC[Si](C)C)Cc1ccccc1. The maximum atomic E-state index is 5.25. The summed E-state index contributed by atoms with van der Waals surface area (Å²) in [5.41, 5.74) is 1.36. The summed E-state index contributed by atoms with van der Waals surface area (Å²) >= 11 is 0. The third-order valence-corrected chi connectivity index (χ3v) is 3.71. The molecule has 1 aromatic carbocycles. The van der Waals surface area contributed by atoms with E-state index in [1.807, 2.05) is 0 Å². The van der Waals surface area contributed by atoms with Crippen molar-refractivity contribution in [2.45, 2.75) is 25.7 Å². The van der Waals surface area contributed by atoms with Gasteiger partial charge in [0.25, 0.3) is 0 Å². The van der Waals surface area contributed by atoms with Crippen molar-refractivity contribution < 1.29 is 4.74 Å². The summed E-state index contributed by atoms with van der Waals surface area (Å²) < 4.78 is 5.25. The fourth-order valence-corrected chi connectivity index (χ4v) is 2.36. The van der Waals surface area contributed by atoms with Gasteiger partial charge < -0.3 is 4.74 Å².